The number of benzene rings is 2. The lowest BCUT2D eigenvalue weighted by Crippen LogP contribution is -2.31. The van der Waals surface area contributed by atoms with Gasteiger partial charge in [0.15, 0.2) is 0 Å². The number of anilines is 1. The Morgan fingerprint density at radius 2 is 1.82 bits per heavy atom. The van der Waals surface area contributed by atoms with Crippen LogP contribution in [0.25, 0.3) is 0 Å². The molecule has 1 heterocycles. The van der Waals surface area contributed by atoms with E-state index in [-0.39, 0.29) is 10.6 Å². The summed E-state index contributed by atoms with van der Waals surface area (Å²) in [6.45, 7) is 9.99. The standard InChI is InChI=1S/C24H30N6O2S/c1-18(2)14-28(15-19(3)4)22-11-10-21(12-23(22)30(31)32)13-26-29-17-25-27-24(29)33-16-20-8-6-5-7-9-20/h5-13,17-19H,14-16H2,1-4H3. The van der Waals surface area contributed by atoms with Crippen LogP contribution in [0.3, 0.4) is 0 Å². The van der Waals surface area contributed by atoms with E-state index >= 15 is 0 Å². The first-order valence-corrected chi connectivity index (χ1v) is 12.0. The molecule has 0 aliphatic rings. The molecule has 0 N–H and O–H groups in total. The lowest BCUT2D eigenvalue weighted by atomic mass is 10.1. The molecule has 0 unspecified atom stereocenters. The van der Waals surface area contributed by atoms with Crippen LogP contribution in [0.1, 0.15) is 38.8 Å². The summed E-state index contributed by atoms with van der Waals surface area (Å²) in [5.74, 6) is 1.53. The van der Waals surface area contributed by atoms with Crippen molar-refractivity contribution in [3.8, 4) is 0 Å². The Labute approximate surface area is 198 Å². The van der Waals surface area contributed by atoms with E-state index in [0.717, 1.165) is 18.8 Å². The summed E-state index contributed by atoms with van der Waals surface area (Å²) in [6.07, 6.45) is 3.13. The van der Waals surface area contributed by atoms with Gasteiger partial charge in [-0.15, -0.1) is 10.2 Å². The molecule has 0 saturated carbocycles. The molecule has 33 heavy (non-hydrogen) atoms. The van der Waals surface area contributed by atoms with E-state index in [2.05, 4.69) is 60.0 Å². The smallest absolute Gasteiger partial charge is 0.293 e. The highest BCUT2D eigenvalue weighted by Gasteiger charge is 2.21. The highest BCUT2D eigenvalue weighted by molar-refractivity contribution is 7.98. The summed E-state index contributed by atoms with van der Waals surface area (Å²) < 4.78 is 1.58. The van der Waals surface area contributed by atoms with Crippen LogP contribution in [0.5, 0.6) is 0 Å². The lowest BCUT2D eigenvalue weighted by molar-refractivity contribution is -0.384. The molecular weight excluding hydrogens is 436 g/mol. The molecule has 1 aromatic heterocycles. The van der Waals surface area contributed by atoms with Gasteiger partial charge >= 0.3 is 0 Å². The molecule has 0 radical (unpaired) electrons. The maximum absolute atomic E-state index is 11.9. The fourth-order valence-corrected chi connectivity index (χ4v) is 4.25. The molecule has 0 amide bonds. The first kappa shape index (κ1) is 24.4. The first-order chi connectivity index (χ1) is 15.8. The minimum absolute atomic E-state index is 0.0858. The van der Waals surface area contributed by atoms with Crippen LogP contribution in [-0.2, 0) is 5.75 Å². The summed E-state index contributed by atoms with van der Waals surface area (Å²) in [5, 5.41) is 25.0. The molecule has 0 spiro atoms. The van der Waals surface area contributed by atoms with Crippen LogP contribution in [0.4, 0.5) is 11.4 Å². The van der Waals surface area contributed by atoms with Crippen molar-refractivity contribution in [1.82, 2.24) is 14.9 Å². The molecule has 0 aliphatic heterocycles. The van der Waals surface area contributed by atoms with E-state index in [1.807, 2.05) is 30.3 Å². The molecule has 3 rings (SSSR count). The number of nitro groups is 1. The SMILES string of the molecule is CC(C)CN(CC(C)C)c1ccc(C=Nn2cnnc2SCc2ccccc2)cc1[N+](=O)[O-]. The molecule has 3 aromatic rings. The molecule has 9 heteroatoms. The number of thioether (sulfide) groups is 1. The number of aromatic nitrogens is 3. The van der Waals surface area contributed by atoms with Gasteiger partial charge in [-0.1, -0.05) is 75.9 Å². The van der Waals surface area contributed by atoms with E-state index < -0.39 is 0 Å². The van der Waals surface area contributed by atoms with Crippen LogP contribution in [-0.4, -0.2) is 39.1 Å². The third kappa shape index (κ3) is 7.15. The average molecular weight is 467 g/mol. The van der Waals surface area contributed by atoms with Crippen molar-refractivity contribution in [2.75, 3.05) is 18.0 Å². The summed E-state index contributed by atoms with van der Waals surface area (Å²) in [7, 11) is 0. The van der Waals surface area contributed by atoms with Crippen LogP contribution in [0, 0.1) is 22.0 Å². The summed E-state index contributed by atoms with van der Waals surface area (Å²) in [6, 6.07) is 15.3. The molecule has 0 saturated heterocycles. The highest BCUT2D eigenvalue weighted by atomic mass is 32.2. The number of nitro benzene ring substituents is 1. The van der Waals surface area contributed by atoms with Crippen LogP contribution >= 0.6 is 11.8 Å². The van der Waals surface area contributed by atoms with Gasteiger partial charge in [-0.2, -0.15) is 9.78 Å². The topological polar surface area (TPSA) is 89.5 Å². The number of rotatable bonds is 11. The minimum atomic E-state index is -0.319. The Morgan fingerprint density at radius 3 is 2.45 bits per heavy atom. The van der Waals surface area contributed by atoms with E-state index in [1.54, 1.807) is 17.0 Å². The summed E-state index contributed by atoms with van der Waals surface area (Å²) >= 11 is 1.53. The van der Waals surface area contributed by atoms with Crippen LogP contribution < -0.4 is 4.90 Å². The molecule has 0 atom stereocenters. The van der Waals surface area contributed by atoms with Crippen molar-refractivity contribution >= 4 is 29.4 Å². The maximum atomic E-state index is 11.9. The van der Waals surface area contributed by atoms with Crippen molar-refractivity contribution in [1.29, 1.82) is 0 Å². The van der Waals surface area contributed by atoms with Crippen molar-refractivity contribution in [2.45, 2.75) is 38.6 Å². The third-order valence-corrected chi connectivity index (χ3v) is 5.75. The minimum Gasteiger partial charge on any atom is -0.365 e. The van der Waals surface area contributed by atoms with Crippen molar-refractivity contribution in [2.24, 2.45) is 16.9 Å². The molecule has 2 aromatic carbocycles. The van der Waals surface area contributed by atoms with Gasteiger partial charge in [0.1, 0.15) is 12.0 Å². The molecule has 174 valence electrons. The van der Waals surface area contributed by atoms with Gasteiger partial charge in [-0.05, 0) is 23.5 Å². The van der Waals surface area contributed by atoms with Gasteiger partial charge in [0.25, 0.3) is 5.69 Å². The zero-order valence-corrected chi connectivity index (χ0v) is 20.3. The molecule has 0 bridgehead atoms. The predicted molar refractivity (Wildman–Crippen MR) is 134 cm³/mol. The van der Waals surface area contributed by atoms with Gasteiger partial charge in [0.2, 0.25) is 5.16 Å². The lowest BCUT2D eigenvalue weighted by Gasteiger charge is -2.28. The average Bonchev–Trinajstić information content (AvgIpc) is 3.23. The molecule has 0 fully saturated rings. The maximum Gasteiger partial charge on any atom is 0.293 e. The predicted octanol–water partition coefficient (Wildman–Crippen LogP) is 5.48. The molecule has 8 nitrogen and oxygen atoms in total. The van der Waals surface area contributed by atoms with Gasteiger partial charge in [-0.25, -0.2) is 0 Å². The summed E-state index contributed by atoms with van der Waals surface area (Å²) in [5.41, 5.74) is 2.55. The van der Waals surface area contributed by atoms with E-state index in [0.29, 0.717) is 28.2 Å². The Morgan fingerprint density at radius 1 is 1.12 bits per heavy atom. The van der Waals surface area contributed by atoms with Crippen molar-refractivity contribution in [3.05, 3.63) is 76.1 Å². The first-order valence-electron chi connectivity index (χ1n) is 11.0. The van der Waals surface area contributed by atoms with Crippen LogP contribution in [0.2, 0.25) is 0 Å². The second-order valence-electron chi connectivity index (χ2n) is 8.67. The normalized spacial score (nSPS) is 11.6. The van der Waals surface area contributed by atoms with Gasteiger partial charge in [0.05, 0.1) is 11.1 Å². The Kier molecular flexibility index (Phi) is 8.59. The third-order valence-electron chi connectivity index (χ3n) is 4.75. The van der Waals surface area contributed by atoms with Crippen molar-refractivity contribution in [3.63, 3.8) is 0 Å². The number of hydrogen-bond acceptors (Lipinski definition) is 7. The fourth-order valence-electron chi connectivity index (χ4n) is 3.43. The Balaban J connectivity index is 1.80. The van der Waals surface area contributed by atoms with E-state index in [9.17, 15) is 10.1 Å². The molecular formula is C24H30N6O2S. The Hall–Kier alpha value is -3.20. The van der Waals surface area contributed by atoms with Crippen molar-refractivity contribution < 1.29 is 4.92 Å². The van der Waals surface area contributed by atoms with Gasteiger partial charge in [0, 0.05) is 30.5 Å². The van der Waals surface area contributed by atoms with Gasteiger partial charge in [-0.3, -0.25) is 10.1 Å². The monoisotopic (exact) mass is 466 g/mol. The van der Waals surface area contributed by atoms with Crippen LogP contribution in [0.15, 0.2) is 65.1 Å². The quantitative estimate of drug-likeness (QED) is 0.161. The Bertz CT molecular complexity index is 1070. The second kappa shape index (κ2) is 11.6. The zero-order chi connectivity index (χ0) is 23.8. The van der Waals surface area contributed by atoms with E-state index in [1.165, 1.54) is 23.7 Å². The largest absolute Gasteiger partial charge is 0.365 e. The number of hydrogen-bond donors (Lipinski definition) is 0. The summed E-state index contributed by atoms with van der Waals surface area (Å²) in [4.78, 5) is 13.6. The highest BCUT2D eigenvalue weighted by Crippen LogP contribution is 2.30. The molecule has 0 aliphatic carbocycles. The van der Waals surface area contributed by atoms with Gasteiger partial charge < -0.3 is 4.90 Å². The number of nitrogens with zero attached hydrogens (tertiary/aromatic N) is 6. The second-order valence-corrected chi connectivity index (χ2v) is 9.62. The van der Waals surface area contributed by atoms with E-state index in [4.69, 9.17) is 0 Å². The fraction of sp³-hybridized carbons (Fsp3) is 0.375. The zero-order valence-electron chi connectivity index (χ0n) is 19.5.